The number of amides is 1. The molecule has 0 N–H and O–H groups in total. The Bertz CT molecular complexity index is 1470. The molecule has 1 aliphatic heterocycles. The van der Waals surface area contributed by atoms with Gasteiger partial charge >= 0.3 is 0 Å². The third-order valence-electron chi connectivity index (χ3n) is 5.89. The Morgan fingerprint density at radius 1 is 0.909 bits per heavy atom. The molecule has 0 atom stereocenters. The van der Waals surface area contributed by atoms with E-state index < -0.39 is 0 Å². The molecule has 33 heavy (non-hydrogen) atoms. The molecule has 0 aliphatic carbocycles. The summed E-state index contributed by atoms with van der Waals surface area (Å²) in [6.07, 6.45) is 5.71. The quantitative estimate of drug-likeness (QED) is 0.431. The van der Waals surface area contributed by atoms with Crippen LogP contribution in [0.15, 0.2) is 67.1 Å². The van der Waals surface area contributed by atoms with E-state index >= 15 is 0 Å². The minimum absolute atomic E-state index is 0.0535. The van der Waals surface area contributed by atoms with Crippen LogP contribution in [-0.2, 0) is 13.1 Å². The van der Waals surface area contributed by atoms with Crippen molar-refractivity contribution in [2.24, 2.45) is 0 Å². The summed E-state index contributed by atoms with van der Waals surface area (Å²) in [6.45, 7) is 4.98. The van der Waals surface area contributed by atoms with E-state index in [9.17, 15) is 4.79 Å². The minimum atomic E-state index is -0.0535. The van der Waals surface area contributed by atoms with Gasteiger partial charge < -0.3 is 4.90 Å². The average Bonchev–Trinajstić information content (AvgIpc) is 3.50. The SMILES string of the molecule is Cc1cc(C)nc(-n2cc3c(c2)CN(C(=O)c2c(-c4ccccc4)nn4ncccc24)C3)n1. The normalized spacial score (nSPS) is 13.0. The maximum Gasteiger partial charge on any atom is 0.259 e. The van der Waals surface area contributed by atoms with Crippen LogP contribution >= 0.6 is 0 Å². The number of fused-ring (bicyclic) bond motifs is 2. The van der Waals surface area contributed by atoms with Crippen molar-refractivity contribution in [3.63, 3.8) is 0 Å². The molecule has 5 heterocycles. The standard InChI is InChI=1S/C25H21N7O/c1-16-11-17(2)28-25(27-16)31-14-19-12-30(13-20(19)15-31)24(33)22-21-9-6-10-26-32(21)29-23(22)18-7-4-3-5-8-18/h3-11,14-15H,12-13H2,1-2H3. The number of benzene rings is 1. The van der Waals surface area contributed by atoms with Crippen LogP contribution in [0.3, 0.4) is 0 Å². The number of aryl methyl sites for hydroxylation is 2. The maximum absolute atomic E-state index is 13.7. The van der Waals surface area contributed by atoms with Crippen LogP contribution in [0.25, 0.3) is 22.7 Å². The summed E-state index contributed by atoms with van der Waals surface area (Å²) >= 11 is 0. The van der Waals surface area contributed by atoms with Gasteiger partial charge in [-0.25, -0.2) is 9.97 Å². The summed E-state index contributed by atoms with van der Waals surface area (Å²) < 4.78 is 3.48. The molecule has 0 saturated carbocycles. The molecule has 1 aliphatic rings. The first-order chi connectivity index (χ1) is 16.1. The topological polar surface area (TPSA) is 81.2 Å². The highest BCUT2D eigenvalue weighted by molar-refractivity contribution is 6.06. The zero-order valence-electron chi connectivity index (χ0n) is 18.3. The second kappa shape index (κ2) is 7.37. The van der Waals surface area contributed by atoms with Crippen molar-refractivity contribution in [3.05, 3.63) is 95.2 Å². The average molecular weight is 435 g/mol. The fourth-order valence-corrected chi connectivity index (χ4v) is 4.43. The molecule has 0 unspecified atom stereocenters. The fourth-order valence-electron chi connectivity index (χ4n) is 4.43. The van der Waals surface area contributed by atoms with Gasteiger partial charge in [-0.3, -0.25) is 9.36 Å². The van der Waals surface area contributed by atoms with E-state index in [0.29, 0.717) is 35.8 Å². The van der Waals surface area contributed by atoms with E-state index in [1.807, 2.05) is 84.2 Å². The van der Waals surface area contributed by atoms with Gasteiger partial charge in [-0.1, -0.05) is 30.3 Å². The summed E-state index contributed by atoms with van der Waals surface area (Å²) in [5, 5.41) is 8.92. The first kappa shape index (κ1) is 19.4. The Labute approximate surface area is 190 Å². The van der Waals surface area contributed by atoms with Crippen LogP contribution in [0, 0.1) is 13.8 Å². The van der Waals surface area contributed by atoms with Crippen molar-refractivity contribution >= 4 is 11.4 Å². The molecule has 0 fully saturated rings. The number of aromatic nitrogens is 6. The van der Waals surface area contributed by atoms with Crippen molar-refractivity contribution in [2.75, 3.05) is 0 Å². The van der Waals surface area contributed by atoms with E-state index in [4.69, 9.17) is 0 Å². The summed E-state index contributed by atoms with van der Waals surface area (Å²) in [7, 11) is 0. The lowest BCUT2D eigenvalue weighted by Gasteiger charge is -2.16. The monoisotopic (exact) mass is 435 g/mol. The van der Waals surface area contributed by atoms with Crippen molar-refractivity contribution in [1.82, 2.24) is 34.3 Å². The predicted molar refractivity (Wildman–Crippen MR) is 123 cm³/mol. The zero-order valence-corrected chi connectivity index (χ0v) is 18.3. The maximum atomic E-state index is 13.7. The number of carbonyl (C=O) groups excluding carboxylic acids is 1. The van der Waals surface area contributed by atoms with E-state index in [0.717, 1.165) is 28.1 Å². The van der Waals surface area contributed by atoms with Crippen LogP contribution < -0.4 is 0 Å². The number of hydrogen-bond donors (Lipinski definition) is 0. The zero-order chi connectivity index (χ0) is 22.5. The van der Waals surface area contributed by atoms with Gasteiger partial charge in [-0.2, -0.15) is 9.73 Å². The molecule has 1 aromatic carbocycles. The van der Waals surface area contributed by atoms with Crippen LogP contribution in [0.4, 0.5) is 0 Å². The van der Waals surface area contributed by atoms with E-state index in [-0.39, 0.29) is 5.91 Å². The molecular weight excluding hydrogens is 414 g/mol. The van der Waals surface area contributed by atoms with Gasteiger partial charge in [0.05, 0.1) is 5.56 Å². The van der Waals surface area contributed by atoms with Crippen LogP contribution in [0.2, 0.25) is 0 Å². The first-order valence-electron chi connectivity index (χ1n) is 10.8. The lowest BCUT2D eigenvalue weighted by molar-refractivity contribution is 0.0753. The molecule has 0 radical (unpaired) electrons. The van der Waals surface area contributed by atoms with Crippen LogP contribution in [0.5, 0.6) is 0 Å². The fraction of sp³-hybridized carbons (Fsp3) is 0.160. The summed E-state index contributed by atoms with van der Waals surface area (Å²) in [4.78, 5) is 24.7. The summed E-state index contributed by atoms with van der Waals surface area (Å²) in [5.74, 6) is 0.599. The number of nitrogens with zero attached hydrogens (tertiary/aromatic N) is 7. The molecule has 162 valence electrons. The summed E-state index contributed by atoms with van der Waals surface area (Å²) in [6, 6.07) is 15.4. The Morgan fingerprint density at radius 3 is 2.30 bits per heavy atom. The highest BCUT2D eigenvalue weighted by Crippen LogP contribution is 2.31. The van der Waals surface area contributed by atoms with Gasteiger partial charge in [0.15, 0.2) is 0 Å². The molecule has 8 heteroatoms. The van der Waals surface area contributed by atoms with Gasteiger partial charge in [0, 0.05) is 48.6 Å². The van der Waals surface area contributed by atoms with Crippen molar-refractivity contribution in [3.8, 4) is 17.2 Å². The highest BCUT2D eigenvalue weighted by atomic mass is 16.2. The lowest BCUT2D eigenvalue weighted by atomic mass is 10.1. The van der Waals surface area contributed by atoms with E-state index in [1.54, 1.807) is 6.20 Å². The second-order valence-electron chi connectivity index (χ2n) is 8.32. The van der Waals surface area contributed by atoms with Crippen molar-refractivity contribution in [2.45, 2.75) is 26.9 Å². The predicted octanol–water partition coefficient (Wildman–Crippen LogP) is 3.75. The van der Waals surface area contributed by atoms with Gasteiger partial charge in [0.1, 0.15) is 11.2 Å². The van der Waals surface area contributed by atoms with Gasteiger partial charge in [0.2, 0.25) is 5.95 Å². The van der Waals surface area contributed by atoms with Crippen molar-refractivity contribution in [1.29, 1.82) is 0 Å². The molecular formula is C25H21N7O. The van der Waals surface area contributed by atoms with E-state index in [2.05, 4.69) is 20.2 Å². The van der Waals surface area contributed by atoms with Gasteiger partial charge in [0.25, 0.3) is 5.91 Å². The molecule has 5 aromatic rings. The molecule has 8 nitrogen and oxygen atoms in total. The number of carbonyl (C=O) groups is 1. The highest BCUT2D eigenvalue weighted by Gasteiger charge is 2.31. The Morgan fingerprint density at radius 2 is 1.61 bits per heavy atom. The number of rotatable bonds is 3. The van der Waals surface area contributed by atoms with Crippen LogP contribution in [0.1, 0.15) is 32.9 Å². The minimum Gasteiger partial charge on any atom is -0.330 e. The van der Waals surface area contributed by atoms with Gasteiger partial charge in [-0.05, 0) is 43.2 Å². The third-order valence-corrected chi connectivity index (χ3v) is 5.89. The molecule has 1 amide bonds. The van der Waals surface area contributed by atoms with E-state index in [1.165, 1.54) is 4.63 Å². The molecule has 6 rings (SSSR count). The smallest absolute Gasteiger partial charge is 0.259 e. The van der Waals surface area contributed by atoms with Gasteiger partial charge in [-0.15, -0.1) is 5.10 Å². The molecule has 4 aromatic heterocycles. The van der Waals surface area contributed by atoms with Crippen LogP contribution in [-0.4, -0.2) is 40.2 Å². The largest absolute Gasteiger partial charge is 0.330 e. The number of hydrogen-bond acceptors (Lipinski definition) is 5. The summed E-state index contributed by atoms with van der Waals surface area (Å²) in [5.41, 5.74) is 6.86. The molecule has 0 spiro atoms. The lowest BCUT2D eigenvalue weighted by Crippen LogP contribution is -2.26. The second-order valence-corrected chi connectivity index (χ2v) is 8.32. The third kappa shape index (κ3) is 3.27. The molecule has 0 bridgehead atoms. The Balaban J connectivity index is 1.35. The Kier molecular flexibility index (Phi) is 4.33. The molecule has 0 saturated heterocycles. The Hall–Kier alpha value is -4.33. The first-order valence-corrected chi connectivity index (χ1v) is 10.8. The van der Waals surface area contributed by atoms with Crippen molar-refractivity contribution < 1.29 is 4.79 Å².